The number of rotatable bonds is 11. The van der Waals surface area contributed by atoms with Gasteiger partial charge in [0.15, 0.2) is 0 Å². The molecular formula is C28H42N4O2. The summed E-state index contributed by atoms with van der Waals surface area (Å²) in [6, 6.07) is 7.58. The summed E-state index contributed by atoms with van der Waals surface area (Å²) in [6.45, 7) is 2.70. The highest BCUT2D eigenvalue weighted by molar-refractivity contribution is 6.05. The first-order valence-electron chi connectivity index (χ1n) is 13.7. The molecule has 0 spiro atoms. The summed E-state index contributed by atoms with van der Waals surface area (Å²) in [4.78, 5) is 27.7. The van der Waals surface area contributed by atoms with Gasteiger partial charge in [-0.3, -0.25) is 15.0 Å². The fourth-order valence-corrected chi connectivity index (χ4v) is 7.58. The molecule has 186 valence electrons. The Balaban J connectivity index is 0.942. The van der Waals surface area contributed by atoms with Crippen LogP contribution < -0.4 is 15.5 Å². The number of carbonyl (C=O) groups excluding carboxylic acids is 2. The molecule has 0 unspecified atom stereocenters. The van der Waals surface area contributed by atoms with Crippen molar-refractivity contribution in [3.63, 3.8) is 0 Å². The van der Waals surface area contributed by atoms with Crippen LogP contribution in [-0.4, -0.2) is 49.1 Å². The Bertz CT molecular complexity index is 832. The molecule has 4 aliphatic carbocycles. The maximum atomic E-state index is 12.0. The van der Waals surface area contributed by atoms with E-state index in [-0.39, 0.29) is 11.9 Å². The van der Waals surface area contributed by atoms with Crippen molar-refractivity contribution in [2.45, 2.75) is 82.6 Å². The molecule has 6 heteroatoms. The lowest BCUT2D eigenvalue weighted by Crippen LogP contribution is -2.58. The maximum Gasteiger partial charge on any atom is 0.328 e. The highest BCUT2D eigenvalue weighted by atomic mass is 16.2. The predicted octanol–water partition coefficient (Wildman–Crippen LogP) is 5.40. The standard InChI is InChI=1S/C28H42N4O2/c1-31(28-18-21-15-22(19-28)17-23(16-21)20-28)13-6-4-2-3-5-12-29-24-7-9-25(10-8-24)32-14-11-26(33)30-27(32)34/h7-10,21-23,29H,2-6,11-20H2,1H3,(H,30,33,34). The van der Waals surface area contributed by atoms with E-state index in [4.69, 9.17) is 0 Å². The van der Waals surface area contributed by atoms with Crippen LogP contribution in [0.3, 0.4) is 0 Å². The molecule has 5 fully saturated rings. The van der Waals surface area contributed by atoms with Crippen LogP contribution >= 0.6 is 0 Å². The number of urea groups is 1. The highest BCUT2D eigenvalue weighted by Gasteiger charge is 2.52. The second-order valence-corrected chi connectivity index (χ2v) is 11.6. The molecule has 0 atom stereocenters. The topological polar surface area (TPSA) is 64.7 Å². The van der Waals surface area contributed by atoms with Gasteiger partial charge in [0.2, 0.25) is 5.91 Å². The number of amides is 3. The summed E-state index contributed by atoms with van der Waals surface area (Å²) in [5.41, 5.74) is 2.46. The predicted molar refractivity (Wildman–Crippen MR) is 137 cm³/mol. The monoisotopic (exact) mass is 466 g/mol. The molecular weight excluding hydrogens is 424 g/mol. The van der Waals surface area contributed by atoms with Gasteiger partial charge in [-0.25, -0.2) is 4.79 Å². The van der Waals surface area contributed by atoms with Crippen LogP contribution in [-0.2, 0) is 4.79 Å². The van der Waals surface area contributed by atoms with Gasteiger partial charge in [-0.2, -0.15) is 0 Å². The van der Waals surface area contributed by atoms with E-state index < -0.39 is 0 Å². The van der Waals surface area contributed by atoms with Gasteiger partial charge in [0.25, 0.3) is 0 Å². The third kappa shape index (κ3) is 5.27. The van der Waals surface area contributed by atoms with Crippen molar-refractivity contribution >= 4 is 23.3 Å². The van der Waals surface area contributed by atoms with Crippen LogP contribution in [0.4, 0.5) is 16.2 Å². The SMILES string of the molecule is CN(CCCCCCCNc1ccc(N2CCC(=O)NC2=O)cc1)C12CC3CC(CC(C3)C1)C2. The van der Waals surface area contributed by atoms with Crippen LogP contribution in [0.15, 0.2) is 24.3 Å². The number of nitrogens with zero attached hydrogens (tertiary/aromatic N) is 2. The number of carbonyl (C=O) groups is 2. The number of benzene rings is 1. The van der Waals surface area contributed by atoms with Crippen molar-refractivity contribution in [2.75, 3.05) is 36.9 Å². The molecule has 4 saturated carbocycles. The second kappa shape index (κ2) is 10.3. The van der Waals surface area contributed by atoms with Crippen molar-refractivity contribution in [1.82, 2.24) is 10.2 Å². The van der Waals surface area contributed by atoms with Crippen LogP contribution in [0.1, 0.15) is 77.0 Å². The lowest BCUT2D eigenvalue weighted by molar-refractivity contribution is -0.120. The largest absolute Gasteiger partial charge is 0.385 e. The average Bonchev–Trinajstić information content (AvgIpc) is 2.80. The fourth-order valence-electron chi connectivity index (χ4n) is 7.58. The quantitative estimate of drug-likeness (QED) is 0.429. The Morgan fingerprint density at radius 2 is 1.56 bits per heavy atom. The molecule has 3 amide bonds. The summed E-state index contributed by atoms with van der Waals surface area (Å²) in [6.07, 6.45) is 15.8. The minimum absolute atomic E-state index is 0.200. The Morgan fingerprint density at radius 3 is 2.21 bits per heavy atom. The molecule has 34 heavy (non-hydrogen) atoms. The van der Waals surface area contributed by atoms with Gasteiger partial charge < -0.3 is 10.2 Å². The first-order valence-corrected chi connectivity index (χ1v) is 13.7. The molecule has 4 bridgehead atoms. The van der Waals surface area contributed by atoms with Crippen LogP contribution in [0.2, 0.25) is 0 Å². The van der Waals surface area contributed by atoms with Gasteiger partial charge in [-0.15, -0.1) is 0 Å². The van der Waals surface area contributed by atoms with E-state index >= 15 is 0 Å². The number of hydrogen-bond acceptors (Lipinski definition) is 4. The third-order valence-corrected chi connectivity index (χ3v) is 9.05. The van der Waals surface area contributed by atoms with Gasteiger partial charge in [0.1, 0.15) is 0 Å². The molecule has 5 aliphatic rings. The van der Waals surface area contributed by atoms with Crippen LogP contribution in [0, 0.1) is 17.8 Å². The van der Waals surface area contributed by atoms with E-state index in [0.29, 0.717) is 18.5 Å². The summed E-state index contributed by atoms with van der Waals surface area (Å²) >= 11 is 0. The number of unbranched alkanes of at least 4 members (excludes halogenated alkanes) is 4. The Morgan fingerprint density at radius 1 is 0.941 bits per heavy atom. The third-order valence-electron chi connectivity index (χ3n) is 9.05. The number of hydrogen-bond donors (Lipinski definition) is 2. The zero-order chi connectivity index (χ0) is 23.5. The summed E-state index contributed by atoms with van der Waals surface area (Å²) in [5, 5.41) is 5.87. The Labute approximate surface area is 204 Å². The lowest BCUT2D eigenvalue weighted by Gasteiger charge is -2.60. The second-order valence-electron chi connectivity index (χ2n) is 11.6. The highest BCUT2D eigenvalue weighted by Crippen LogP contribution is 2.57. The molecule has 0 radical (unpaired) electrons. The van der Waals surface area contributed by atoms with E-state index in [9.17, 15) is 9.59 Å². The Kier molecular flexibility index (Phi) is 7.14. The molecule has 0 aromatic heterocycles. The van der Waals surface area contributed by atoms with Crippen molar-refractivity contribution in [1.29, 1.82) is 0 Å². The molecule has 1 heterocycles. The first-order chi connectivity index (χ1) is 16.5. The number of anilines is 2. The van der Waals surface area contributed by atoms with E-state index in [0.717, 1.165) is 35.7 Å². The van der Waals surface area contributed by atoms with Gasteiger partial charge in [0.05, 0.1) is 0 Å². The van der Waals surface area contributed by atoms with Gasteiger partial charge >= 0.3 is 6.03 Å². The van der Waals surface area contributed by atoms with E-state index in [1.807, 2.05) is 24.3 Å². The Hall–Kier alpha value is -2.08. The lowest BCUT2D eigenvalue weighted by atomic mass is 9.52. The number of imide groups is 1. The minimum Gasteiger partial charge on any atom is -0.385 e. The molecule has 1 aliphatic heterocycles. The van der Waals surface area contributed by atoms with Crippen LogP contribution in [0.5, 0.6) is 0 Å². The number of nitrogens with one attached hydrogen (secondary N) is 2. The molecule has 1 aromatic rings. The van der Waals surface area contributed by atoms with E-state index in [2.05, 4.69) is 22.6 Å². The minimum atomic E-state index is -0.332. The normalized spacial score (nSPS) is 30.2. The molecule has 6 nitrogen and oxygen atoms in total. The van der Waals surface area contributed by atoms with Crippen molar-refractivity contribution in [3.8, 4) is 0 Å². The van der Waals surface area contributed by atoms with Gasteiger partial charge in [0, 0.05) is 36.4 Å². The van der Waals surface area contributed by atoms with Crippen molar-refractivity contribution in [2.24, 2.45) is 17.8 Å². The smallest absolute Gasteiger partial charge is 0.328 e. The fraction of sp³-hybridized carbons (Fsp3) is 0.714. The van der Waals surface area contributed by atoms with Crippen LogP contribution in [0.25, 0.3) is 0 Å². The van der Waals surface area contributed by atoms with E-state index in [1.165, 1.54) is 77.2 Å². The summed E-state index contributed by atoms with van der Waals surface area (Å²) in [7, 11) is 2.42. The summed E-state index contributed by atoms with van der Waals surface area (Å²) in [5.74, 6) is 2.90. The molecule has 2 N–H and O–H groups in total. The molecule has 6 rings (SSSR count). The van der Waals surface area contributed by atoms with Gasteiger partial charge in [-0.05, 0) is 107 Å². The molecule has 1 saturated heterocycles. The van der Waals surface area contributed by atoms with E-state index in [1.54, 1.807) is 4.90 Å². The summed E-state index contributed by atoms with van der Waals surface area (Å²) < 4.78 is 0. The van der Waals surface area contributed by atoms with Gasteiger partial charge in [-0.1, -0.05) is 19.3 Å². The van der Waals surface area contributed by atoms with Crippen molar-refractivity contribution in [3.05, 3.63) is 24.3 Å². The zero-order valence-electron chi connectivity index (χ0n) is 20.9. The van der Waals surface area contributed by atoms with Crippen molar-refractivity contribution < 1.29 is 9.59 Å². The average molecular weight is 467 g/mol. The first kappa shape index (κ1) is 23.7. The zero-order valence-corrected chi connectivity index (χ0v) is 20.9. The maximum absolute atomic E-state index is 12.0. The molecule has 1 aromatic carbocycles.